The Morgan fingerprint density at radius 2 is 1.94 bits per heavy atom. The van der Waals surface area contributed by atoms with E-state index in [1.165, 1.54) is 17.5 Å². The highest BCUT2D eigenvalue weighted by atomic mass is 35.5. The van der Waals surface area contributed by atoms with Gasteiger partial charge in [-0.2, -0.15) is 0 Å². The number of rotatable bonds is 1. The lowest BCUT2D eigenvalue weighted by molar-refractivity contribution is 0.154. The normalized spacial score (nSPS) is 23.9. The average molecular weight is 263 g/mol. The Bertz CT molecular complexity index is 331. The summed E-state index contributed by atoms with van der Waals surface area (Å²) in [6.07, 6.45) is 2.37. The first-order valence-corrected chi connectivity index (χ1v) is 5.29. The lowest BCUT2D eigenvalue weighted by Gasteiger charge is -2.38. The molecule has 2 unspecified atom stereocenters. The Morgan fingerprint density at radius 3 is 2.56 bits per heavy atom. The fourth-order valence-corrected chi connectivity index (χ4v) is 2.29. The molecule has 0 bridgehead atoms. The maximum absolute atomic E-state index is 6.18. The number of benzene rings is 1. The summed E-state index contributed by atoms with van der Waals surface area (Å²) in [6, 6.07) is 9.11. The van der Waals surface area contributed by atoms with E-state index in [0.29, 0.717) is 6.04 Å². The van der Waals surface area contributed by atoms with E-state index in [0.717, 1.165) is 6.42 Å². The maximum Gasteiger partial charge on any atom is 0.0838 e. The summed E-state index contributed by atoms with van der Waals surface area (Å²) in [7, 11) is 2.12. The highest BCUT2D eigenvalue weighted by molar-refractivity contribution is 5.85. The third-order valence-electron chi connectivity index (χ3n) is 3.32. The van der Waals surface area contributed by atoms with Gasteiger partial charge in [-0.05, 0) is 31.0 Å². The van der Waals surface area contributed by atoms with E-state index in [1.807, 2.05) is 0 Å². The van der Waals surface area contributed by atoms with Gasteiger partial charge in [-0.15, -0.1) is 24.8 Å². The number of fused-ring (bicyclic) bond motifs is 1. The second kappa shape index (κ2) is 6.45. The first-order valence-electron chi connectivity index (χ1n) is 5.29. The average Bonchev–Trinajstić information content (AvgIpc) is 2.23. The second-order valence-corrected chi connectivity index (χ2v) is 4.08. The van der Waals surface area contributed by atoms with Crippen LogP contribution < -0.4 is 5.73 Å². The number of halogens is 2. The van der Waals surface area contributed by atoms with Crippen LogP contribution in [0.4, 0.5) is 0 Å². The molecule has 0 amide bonds. The first-order chi connectivity index (χ1) is 6.74. The van der Waals surface area contributed by atoms with Crippen molar-refractivity contribution in [1.29, 1.82) is 0 Å². The van der Waals surface area contributed by atoms with Crippen LogP contribution in [0.2, 0.25) is 0 Å². The van der Waals surface area contributed by atoms with Gasteiger partial charge in [-0.1, -0.05) is 31.2 Å². The Morgan fingerprint density at radius 1 is 1.31 bits per heavy atom. The fraction of sp³-hybridized carbons (Fsp3) is 0.500. The molecule has 1 aromatic carbocycles. The van der Waals surface area contributed by atoms with Gasteiger partial charge in [-0.25, -0.2) is 0 Å². The van der Waals surface area contributed by atoms with E-state index in [2.05, 4.69) is 43.1 Å². The molecule has 2 N–H and O–H groups in total. The first kappa shape index (κ1) is 15.7. The van der Waals surface area contributed by atoms with E-state index >= 15 is 0 Å². The van der Waals surface area contributed by atoms with Gasteiger partial charge in [0.1, 0.15) is 0 Å². The van der Waals surface area contributed by atoms with Gasteiger partial charge < -0.3 is 5.73 Å². The zero-order valence-electron chi connectivity index (χ0n) is 9.72. The topological polar surface area (TPSA) is 29.3 Å². The number of likely N-dealkylation sites (N-methyl/N-ethyl adjacent to an activating group) is 1. The van der Waals surface area contributed by atoms with Crippen molar-refractivity contribution < 1.29 is 0 Å². The van der Waals surface area contributed by atoms with Crippen LogP contribution in [0, 0.1) is 0 Å². The molecule has 1 aliphatic rings. The van der Waals surface area contributed by atoms with E-state index < -0.39 is 0 Å². The van der Waals surface area contributed by atoms with E-state index in [-0.39, 0.29) is 31.0 Å². The minimum absolute atomic E-state index is 0. The summed E-state index contributed by atoms with van der Waals surface area (Å²) in [5, 5.41) is 0. The number of nitrogens with two attached hydrogens (primary N) is 1. The summed E-state index contributed by atoms with van der Waals surface area (Å²) in [5.74, 6) is 0. The third kappa shape index (κ3) is 2.69. The maximum atomic E-state index is 6.18. The summed E-state index contributed by atoms with van der Waals surface area (Å²) < 4.78 is 0. The SMILES string of the molecule is CCC1Cc2ccccc2C(N)N1C.Cl.Cl. The molecule has 0 spiro atoms. The Hall–Kier alpha value is -0.280. The van der Waals surface area contributed by atoms with Crippen molar-refractivity contribution >= 4 is 24.8 Å². The van der Waals surface area contributed by atoms with Crippen molar-refractivity contribution in [2.75, 3.05) is 7.05 Å². The molecule has 0 fully saturated rings. The molecular weight excluding hydrogens is 243 g/mol. The Labute approximate surface area is 110 Å². The standard InChI is InChI=1S/C12H18N2.2ClH/c1-3-10-8-9-6-4-5-7-11(9)12(13)14(10)2;;/h4-7,10,12H,3,8,13H2,1-2H3;2*1H. The minimum Gasteiger partial charge on any atom is -0.312 e. The Kier molecular flexibility index (Phi) is 6.34. The van der Waals surface area contributed by atoms with Crippen molar-refractivity contribution in [2.24, 2.45) is 5.73 Å². The lowest BCUT2D eigenvalue weighted by Crippen LogP contribution is -2.44. The highest BCUT2D eigenvalue weighted by Crippen LogP contribution is 2.29. The van der Waals surface area contributed by atoms with E-state index in [4.69, 9.17) is 5.73 Å². The third-order valence-corrected chi connectivity index (χ3v) is 3.32. The van der Waals surface area contributed by atoms with Crippen LogP contribution in [0.3, 0.4) is 0 Å². The summed E-state index contributed by atoms with van der Waals surface area (Å²) in [6.45, 7) is 2.22. The molecular formula is C12H20Cl2N2. The molecule has 1 aliphatic heterocycles. The lowest BCUT2D eigenvalue weighted by atomic mass is 9.91. The summed E-state index contributed by atoms with van der Waals surface area (Å²) in [5.41, 5.74) is 8.89. The predicted octanol–water partition coefficient (Wildman–Crippen LogP) is 2.75. The molecule has 0 aromatic heterocycles. The van der Waals surface area contributed by atoms with Crippen molar-refractivity contribution in [3.05, 3.63) is 35.4 Å². The predicted molar refractivity (Wildman–Crippen MR) is 73.4 cm³/mol. The van der Waals surface area contributed by atoms with Gasteiger partial charge in [0, 0.05) is 6.04 Å². The van der Waals surface area contributed by atoms with Crippen LogP contribution >= 0.6 is 24.8 Å². The molecule has 2 rings (SSSR count). The van der Waals surface area contributed by atoms with Gasteiger partial charge in [0.05, 0.1) is 6.17 Å². The highest BCUT2D eigenvalue weighted by Gasteiger charge is 2.27. The molecule has 16 heavy (non-hydrogen) atoms. The van der Waals surface area contributed by atoms with Crippen LogP contribution in [0.5, 0.6) is 0 Å². The zero-order chi connectivity index (χ0) is 10.1. The van der Waals surface area contributed by atoms with E-state index in [9.17, 15) is 0 Å². The Balaban J connectivity index is 0.00000112. The summed E-state index contributed by atoms with van der Waals surface area (Å²) >= 11 is 0. The molecule has 2 nitrogen and oxygen atoms in total. The molecule has 0 saturated heterocycles. The molecule has 2 atom stereocenters. The van der Waals surface area contributed by atoms with Crippen molar-refractivity contribution in [3.63, 3.8) is 0 Å². The van der Waals surface area contributed by atoms with Crippen LogP contribution in [0.25, 0.3) is 0 Å². The van der Waals surface area contributed by atoms with Gasteiger partial charge in [0.25, 0.3) is 0 Å². The smallest absolute Gasteiger partial charge is 0.0838 e. The van der Waals surface area contributed by atoms with Crippen molar-refractivity contribution in [1.82, 2.24) is 4.90 Å². The van der Waals surface area contributed by atoms with Crippen LogP contribution in [-0.2, 0) is 6.42 Å². The molecule has 0 saturated carbocycles. The van der Waals surface area contributed by atoms with Gasteiger partial charge in [0.2, 0.25) is 0 Å². The largest absolute Gasteiger partial charge is 0.312 e. The van der Waals surface area contributed by atoms with Crippen LogP contribution in [-0.4, -0.2) is 18.0 Å². The summed E-state index contributed by atoms with van der Waals surface area (Å²) in [4.78, 5) is 2.28. The van der Waals surface area contributed by atoms with Crippen LogP contribution in [0.15, 0.2) is 24.3 Å². The zero-order valence-corrected chi connectivity index (χ0v) is 11.4. The minimum atomic E-state index is 0. The van der Waals surface area contributed by atoms with E-state index in [1.54, 1.807) is 0 Å². The van der Waals surface area contributed by atoms with Gasteiger partial charge in [0.15, 0.2) is 0 Å². The van der Waals surface area contributed by atoms with Crippen molar-refractivity contribution in [2.45, 2.75) is 32.0 Å². The molecule has 0 aliphatic carbocycles. The molecule has 4 heteroatoms. The molecule has 0 radical (unpaired) electrons. The fourth-order valence-electron chi connectivity index (χ4n) is 2.29. The number of hydrogen-bond donors (Lipinski definition) is 1. The number of hydrogen-bond acceptors (Lipinski definition) is 2. The second-order valence-electron chi connectivity index (χ2n) is 4.08. The van der Waals surface area contributed by atoms with Gasteiger partial charge in [-0.3, -0.25) is 4.90 Å². The van der Waals surface area contributed by atoms with Crippen LogP contribution in [0.1, 0.15) is 30.6 Å². The molecule has 1 heterocycles. The molecule has 1 aromatic rings. The quantitative estimate of drug-likeness (QED) is 0.844. The molecule has 92 valence electrons. The van der Waals surface area contributed by atoms with Gasteiger partial charge >= 0.3 is 0 Å². The monoisotopic (exact) mass is 262 g/mol. The van der Waals surface area contributed by atoms with Crippen molar-refractivity contribution in [3.8, 4) is 0 Å². The number of nitrogens with zero attached hydrogens (tertiary/aromatic N) is 1.